The molecule has 0 aliphatic carbocycles. The van der Waals surface area contributed by atoms with E-state index in [-0.39, 0.29) is 12.5 Å². The monoisotopic (exact) mass is 451 g/mol. The van der Waals surface area contributed by atoms with Gasteiger partial charge in [-0.1, -0.05) is 29.2 Å². The molecule has 1 aromatic carbocycles. The molecule has 0 saturated heterocycles. The first-order valence-electron chi connectivity index (χ1n) is 8.26. The molecule has 0 atom stereocenters. The van der Waals surface area contributed by atoms with Crippen molar-refractivity contribution in [2.45, 2.75) is 10.1 Å². The van der Waals surface area contributed by atoms with Crippen molar-refractivity contribution in [2.75, 3.05) is 26.1 Å². The molecule has 0 aliphatic heterocycles. The van der Waals surface area contributed by atoms with E-state index in [1.807, 2.05) is 11.4 Å². The molecule has 152 valence electrons. The van der Waals surface area contributed by atoms with Gasteiger partial charge in [0.2, 0.25) is 5.13 Å². The number of rotatable bonds is 9. The summed E-state index contributed by atoms with van der Waals surface area (Å²) in [7, 11) is 2.72. The van der Waals surface area contributed by atoms with Crippen molar-refractivity contribution in [3.8, 4) is 11.5 Å². The van der Waals surface area contributed by atoms with Crippen LogP contribution in [0.4, 0.5) is 5.13 Å². The maximum atomic E-state index is 12.5. The van der Waals surface area contributed by atoms with Gasteiger partial charge in [-0.05, 0) is 29.6 Å². The topological polar surface area (TPSA) is 99.6 Å². The number of nitrogens with one attached hydrogen (secondary N) is 1. The number of hydrogen-bond donors (Lipinski definition) is 1. The number of anilines is 1. The fourth-order valence-corrected chi connectivity index (χ4v) is 4.66. The van der Waals surface area contributed by atoms with Crippen LogP contribution in [0, 0.1) is 0 Å². The molecule has 0 radical (unpaired) electrons. The number of carbonyl (C=O) groups excluding carboxylic acids is 2. The number of carbonyl (C=O) groups is 2. The van der Waals surface area contributed by atoms with Crippen LogP contribution in [0.1, 0.15) is 15.2 Å². The predicted molar refractivity (Wildman–Crippen MR) is 112 cm³/mol. The summed E-state index contributed by atoms with van der Waals surface area (Å²) in [5.74, 6) is 0.597. The number of thiophene rings is 1. The normalized spacial score (nSPS) is 10.4. The third-order valence-corrected chi connectivity index (χ3v) is 6.62. The molecule has 0 fully saturated rings. The maximum absolute atomic E-state index is 12.5. The van der Waals surface area contributed by atoms with E-state index < -0.39 is 5.97 Å². The summed E-state index contributed by atoms with van der Waals surface area (Å²) in [6.07, 6.45) is 0. The summed E-state index contributed by atoms with van der Waals surface area (Å²) >= 11 is 4.57. The Hall–Kier alpha value is -2.63. The Kier molecular flexibility index (Phi) is 7.44. The van der Waals surface area contributed by atoms with E-state index in [9.17, 15) is 9.59 Å². The Balaban J connectivity index is 1.60. The minimum atomic E-state index is -0.516. The third kappa shape index (κ3) is 5.92. The highest BCUT2D eigenvalue weighted by atomic mass is 32.2. The molecule has 0 bridgehead atoms. The molecule has 11 heteroatoms. The number of esters is 1. The number of benzene rings is 1. The molecule has 0 spiro atoms. The van der Waals surface area contributed by atoms with Gasteiger partial charge >= 0.3 is 5.97 Å². The number of hydrogen-bond acceptors (Lipinski definition) is 10. The van der Waals surface area contributed by atoms with Crippen molar-refractivity contribution in [3.05, 3.63) is 46.2 Å². The molecule has 1 amide bonds. The standard InChI is InChI=1S/C18H17N3O5S3/c1-24-14-8-11(5-6-13(14)26-9-15(22)25-2)16(23)19-17-20-21-18(29-17)28-10-12-4-3-7-27-12/h3-8H,9-10H2,1-2H3,(H,19,20,23). The zero-order valence-corrected chi connectivity index (χ0v) is 18.0. The van der Waals surface area contributed by atoms with E-state index in [0.29, 0.717) is 22.2 Å². The van der Waals surface area contributed by atoms with Crippen LogP contribution >= 0.6 is 34.4 Å². The van der Waals surface area contributed by atoms with Gasteiger partial charge in [0.25, 0.3) is 5.91 Å². The number of aromatic nitrogens is 2. The zero-order chi connectivity index (χ0) is 20.6. The number of amides is 1. The van der Waals surface area contributed by atoms with Crippen LogP contribution in [0.5, 0.6) is 11.5 Å². The molecule has 8 nitrogen and oxygen atoms in total. The van der Waals surface area contributed by atoms with Gasteiger partial charge in [-0.2, -0.15) is 0 Å². The zero-order valence-electron chi connectivity index (χ0n) is 15.5. The molecule has 0 aliphatic rings. The summed E-state index contributed by atoms with van der Waals surface area (Å²) in [6, 6.07) is 8.71. The van der Waals surface area contributed by atoms with Crippen molar-refractivity contribution >= 4 is 51.4 Å². The lowest BCUT2D eigenvalue weighted by molar-refractivity contribution is -0.142. The van der Waals surface area contributed by atoms with E-state index >= 15 is 0 Å². The fourth-order valence-electron chi connectivity index (χ4n) is 2.14. The van der Waals surface area contributed by atoms with Crippen LogP contribution in [0.15, 0.2) is 40.1 Å². The van der Waals surface area contributed by atoms with Gasteiger partial charge in [0.15, 0.2) is 22.4 Å². The lowest BCUT2D eigenvalue weighted by Gasteiger charge is -2.11. The Bertz CT molecular complexity index is 975. The molecule has 3 rings (SSSR count). The van der Waals surface area contributed by atoms with Crippen LogP contribution in [-0.4, -0.2) is 42.9 Å². The maximum Gasteiger partial charge on any atom is 0.343 e. The van der Waals surface area contributed by atoms with E-state index in [2.05, 4.69) is 26.3 Å². The van der Waals surface area contributed by atoms with Gasteiger partial charge in [0.1, 0.15) is 0 Å². The van der Waals surface area contributed by atoms with E-state index in [1.165, 1.54) is 36.5 Å². The second-order valence-electron chi connectivity index (χ2n) is 5.43. The fraction of sp³-hybridized carbons (Fsp3) is 0.222. The third-order valence-electron chi connectivity index (χ3n) is 3.54. The minimum Gasteiger partial charge on any atom is -0.493 e. The Morgan fingerprint density at radius 1 is 1.17 bits per heavy atom. The summed E-state index contributed by atoms with van der Waals surface area (Å²) < 4.78 is 15.9. The number of ether oxygens (including phenoxy) is 3. The SMILES string of the molecule is COC(=O)COc1ccc(C(=O)Nc2nnc(SCc3cccs3)s2)cc1OC. The molecular weight excluding hydrogens is 434 g/mol. The Labute approximate surface area is 179 Å². The molecule has 1 N–H and O–H groups in total. The largest absolute Gasteiger partial charge is 0.493 e. The van der Waals surface area contributed by atoms with Crippen LogP contribution in [0.25, 0.3) is 0 Å². The number of nitrogens with zero attached hydrogens (tertiary/aromatic N) is 2. The first kappa shape index (κ1) is 21.1. The minimum absolute atomic E-state index is 0.255. The molecule has 0 saturated carbocycles. The van der Waals surface area contributed by atoms with Gasteiger partial charge in [0.05, 0.1) is 14.2 Å². The number of methoxy groups -OCH3 is 2. The molecule has 2 heterocycles. The lowest BCUT2D eigenvalue weighted by atomic mass is 10.2. The van der Waals surface area contributed by atoms with Crippen molar-refractivity contribution in [1.29, 1.82) is 0 Å². The summed E-state index contributed by atoms with van der Waals surface area (Å²) in [4.78, 5) is 25.0. The highest BCUT2D eigenvalue weighted by molar-refractivity contribution is 8.00. The predicted octanol–water partition coefficient (Wildman–Crippen LogP) is 3.70. The highest BCUT2D eigenvalue weighted by Gasteiger charge is 2.15. The van der Waals surface area contributed by atoms with Crippen LogP contribution in [0.2, 0.25) is 0 Å². The van der Waals surface area contributed by atoms with Crippen LogP contribution in [0.3, 0.4) is 0 Å². The van der Waals surface area contributed by atoms with E-state index in [1.54, 1.807) is 35.2 Å². The Morgan fingerprint density at radius 3 is 2.76 bits per heavy atom. The van der Waals surface area contributed by atoms with Crippen molar-refractivity contribution < 1.29 is 23.8 Å². The number of thioether (sulfide) groups is 1. The highest BCUT2D eigenvalue weighted by Crippen LogP contribution is 2.31. The van der Waals surface area contributed by atoms with E-state index in [0.717, 1.165) is 10.1 Å². The van der Waals surface area contributed by atoms with Gasteiger partial charge in [0, 0.05) is 16.2 Å². The summed E-state index contributed by atoms with van der Waals surface area (Å²) in [5.41, 5.74) is 0.357. The summed E-state index contributed by atoms with van der Waals surface area (Å²) in [6.45, 7) is -0.255. The second-order valence-corrected chi connectivity index (χ2v) is 8.66. The van der Waals surface area contributed by atoms with Crippen molar-refractivity contribution in [2.24, 2.45) is 0 Å². The van der Waals surface area contributed by atoms with Crippen LogP contribution in [-0.2, 0) is 15.3 Å². The molecular formula is C18H17N3O5S3. The van der Waals surface area contributed by atoms with Gasteiger partial charge in [-0.3, -0.25) is 10.1 Å². The van der Waals surface area contributed by atoms with Crippen molar-refractivity contribution in [1.82, 2.24) is 10.2 Å². The van der Waals surface area contributed by atoms with Gasteiger partial charge in [-0.25, -0.2) is 4.79 Å². The first-order chi connectivity index (χ1) is 14.1. The van der Waals surface area contributed by atoms with Gasteiger partial charge in [-0.15, -0.1) is 21.5 Å². The van der Waals surface area contributed by atoms with Crippen LogP contribution < -0.4 is 14.8 Å². The lowest BCUT2D eigenvalue weighted by Crippen LogP contribution is -2.14. The molecule has 29 heavy (non-hydrogen) atoms. The quantitative estimate of drug-likeness (QED) is 0.299. The molecule has 2 aromatic heterocycles. The second kappa shape index (κ2) is 10.2. The first-order valence-corrected chi connectivity index (χ1v) is 10.9. The van der Waals surface area contributed by atoms with Crippen molar-refractivity contribution in [3.63, 3.8) is 0 Å². The smallest absolute Gasteiger partial charge is 0.343 e. The summed E-state index contributed by atoms with van der Waals surface area (Å²) in [5, 5.41) is 13.3. The Morgan fingerprint density at radius 2 is 2.03 bits per heavy atom. The van der Waals surface area contributed by atoms with Gasteiger partial charge < -0.3 is 14.2 Å². The molecule has 0 unspecified atom stereocenters. The van der Waals surface area contributed by atoms with E-state index in [4.69, 9.17) is 9.47 Å². The average molecular weight is 452 g/mol. The average Bonchev–Trinajstić information content (AvgIpc) is 3.42. The molecule has 3 aromatic rings.